The van der Waals surface area contributed by atoms with Crippen LogP contribution >= 0.6 is 0 Å². The standard InChI is InChI=1S/C56H42/c1-55(2)49-20-12-10-16-41(49)43-29-26-39(33-51(43)55)38-27-31-47-48(32-38)54(40-28-30-44-42-17-11-13-21-50(42)56(3,4)52(44)34-40)46-19-9-8-18-45(46)53(47)37-24-22-36(23-25-37)35-14-6-5-7-15-35/h5-34H,1-4H3. The molecule has 9 aromatic rings. The molecule has 0 nitrogen and oxygen atoms in total. The van der Waals surface area contributed by atoms with Crippen LogP contribution in [0.1, 0.15) is 49.9 Å². The van der Waals surface area contributed by atoms with Gasteiger partial charge in [-0.25, -0.2) is 0 Å². The largest absolute Gasteiger partial charge is 0.0622 e. The molecule has 0 heteroatoms. The Morgan fingerprint density at radius 3 is 1.27 bits per heavy atom. The van der Waals surface area contributed by atoms with E-state index in [4.69, 9.17) is 0 Å². The second-order valence-electron chi connectivity index (χ2n) is 16.9. The van der Waals surface area contributed by atoms with E-state index in [0.29, 0.717) is 0 Å². The summed E-state index contributed by atoms with van der Waals surface area (Å²) in [5, 5.41) is 5.10. The summed E-state index contributed by atoms with van der Waals surface area (Å²) in [6, 6.07) is 68.3. The first kappa shape index (κ1) is 32.9. The van der Waals surface area contributed by atoms with Gasteiger partial charge in [0, 0.05) is 10.8 Å². The molecule has 0 N–H and O–H groups in total. The van der Waals surface area contributed by atoms with Crippen LogP contribution in [-0.4, -0.2) is 0 Å². The molecule has 0 atom stereocenters. The minimum absolute atomic E-state index is 0.0615. The number of hydrogen-bond acceptors (Lipinski definition) is 0. The van der Waals surface area contributed by atoms with Crippen LogP contribution < -0.4 is 0 Å². The van der Waals surface area contributed by atoms with Crippen LogP contribution in [0.4, 0.5) is 0 Å². The Hall–Kier alpha value is -6.50. The third-order valence-corrected chi connectivity index (χ3v) is 13.1. The average molecular weight is 715 g/mol. The summed E-state index contributed by atoms with van der Waals surface area (Å²) >= 11 is 0. The SMILES string of the molecule is CC1(C)c2ccccc2-c2ccc(-c3ccc4c(-c5ccc(-c6ccccc6)cc5)c5ccccc5c(-c5ccc6c(c5)C(C)(C)c5ccccc5-6)c4c3)cc21. The number of rotatable bonds is 4. The summed E-state index contributed by atoms with van der Waals surface area (Å²) in [7, 11) is 0. The maximum absolute atomic E-state index is 2.49. The molecule has 0 bridgehead atoms. The summed E-state index contributed by atoms with van der Waals surface area (Å²) in [4.78, 5) is 0. The molecule has 0 aliphatic heterocycles. The summed E-state index contributed by atoms with van der Waals surface area (Å²) in [6.45, 7) is 9.50. The fraction of sp³-hybridized carbons (Fsp3) is 0.107. The highest BCUT2D eigenvalue weighted by atomic mass is 14.4. The van der Waals surface area contributed by atoms with Gasteiger partial charge in [0.25, 0.3) is 0 Å². The van der Waals surface area contributed by atoms with E-state index in [0.717, 1.165) is 0 Å². The summed E-state index contributed by atoms with van der Waals surface area (Å²) < 4.78 is 0. The lowest BCUT2D eigenvalue weighted by molar-refractivity contribution is 0.660. The lowest BCUT2D eigenvalue weighted by atomic mass is 9.80. The van der Waals surface area contributed by atoms with Crippen molar-refractivity contribution in [3.05, 3.63) is 204 Å². The van der Waals surface area contributed by atoms with Crippen molar-refractivity contribution in [2.24, 2.45) is 0 Å². The van der Waals surface area contributed by atoms with Crippen molar-refractivity contribution in [1.82, 2.24) is 0 Å². The van der Waals surface area contributed by atoms with Gasteiger partial charge in [-0.15, -0.1) is 0 Å². The highest BCUT2D eigenvalue weighted by Gasteiger charge is 2.36. The molecule has 0 unspecified atom stereocenters. The van der Waals surface area contributed by atoms with Crippen molar-refractivity contribution in [2.45, 2.75) is 38.5 Å². The lowest BCUT2D eigenvalue weighted by Gasteiger charge is -2.23. The van der Waals surface area contributed by atoms with Crippen molar-refractivity contribution < 1.29 is 0 Å². The topological polar surface area (TPSA) is 0 Å². The van der Waals surface area contributed by atoms with Crippen molar-refractivity contribution >= 4 is 21.5 Å². The molecule has 9 aromatic carbocycles. The number of fused-ring (bicyclic) bond motifs is 8. The Morgan fingerprint density at radius 2 is 0.643 bits per heavy atom. The Labute approximate surface area is 329 Å². The molecule has 11 rings (SSSR count). The van der Waals surface area contributed by atoms with Gasteiger partial charge in [0.05, 0.1) is 0 Å². The van der Waals surface area contributed by atoms with Gasteiger partial charge in [0.15, 0.2) is 0 Å². The highest BCUT2D eigenvalue weighted by Crippen LogP contribution is 2.53. The van der Waals surface area contributed by atoms with Gasteiger partial charge < -0.3 is 0 Å². The molecule has 266 valence electrons. The fourth-order valence-electron chi connectivity index (χ4n) is 10.2. The van der Waals surface area contributed by atoms with E-state index >= 15 is 0 Å². The number of benzene rings is 9. The van der Waals surface area contributed by atoms with Crippen LogP contribution in [-0.2, 0) is 10.8 Å². The van der Waals surface area contributed by atoms with Gasteiger partial charge in [-0.3, -0.25) is 0 Å². The summed E-state index contributed by atoms with van der Waals surface area (Å²) in [5.41, 5.74) is 20.9. The normalized spacial score (nSPS) is 14.4. The third-order valence-electron chi connectivity index (χ3n) is 13.1. The van der Waals surface area contributed by atoms with E-state index in [1.807, 2.05) is 0 Å². The van der Waals surface area contributed by atoms with Crippen LogP contribution in [0.15, 0.2) is 182 Å². The van der Waals surface area contributed by atoms with Crippen LogP contribution in [0.25, 0.3) is 88.3 Å². The van der Waals surface area contributed by atoms with E-state index in [-0.39, 0.29) is 10.8 Å². The third kappa shape index (κ3) is 4.72. The molecule has 0 radical (unpaired) electrons. The Bertz CT molecular complexity index is 3050. The molecule has 56 heavy (non-hydrogen) atoms. The molecule has 0 spiro atoms. The summed E-state index contributed by atoms with van der Waals surface area (Å²) in [6.07, 6.45) is 0. The monoisotopic (exact) mass is 714 g/mol. The molecule has 0 saturated carbocycles. The first-order valence-corrected chi connectivity index (χ1v) is 19.9. The van der Waals surface area contributed by atoms with Gasteiger partial charge >= 0.3 is 0 Å². The predicted octanol–water partition coefficient (Wildman–Crippen LogP) is 15.3. The molecular weight excluding hydrogens is 673 g/mol. The molecule has 0 fully saturated rings. The van der Waals surface area contributed by atoms with Crippen molar-refractivity contribution in [3.8, 4) is 66.8 Å². The van der Waals surface area contributed by atoms with Gasteiger partial charge in [-0.1, -0.05) is 191 Å². The molecular formula is C56H42. The maximum atomic E-state index is 2.49. The van der Waals surface area contributed by atoms with Gasteiger partial charge in [-0.2, -0.15) is 0 Å². The summed E-state index contributed by atoms with van der Waals surface area (Å²) in [5.74, 6) is 0. The molecule has 0 aromatic heterocycles. The predicted molar refractivity (Wildman–Crippen MR) is 238 cm³/mol. The Balaban J connectivity index is 1.16. The van der Waals surface area contributed by atoms with Crippen LogP contribution in [0.3, 0.4) is 0 Å². The highest BCUT2D eigenvalue weighted by molar-refractivity contribution is 6.22. The van der Waals surface area contributed by atoms with Gasteiger partial charge in [-0.05, 0) is 129 Å². The maximum Gasteiger partial charge on any atom is 0.0159 e. The molecule has 0 amide bonds. The Kier molecular flexibility index (Phi) is 7.05. The first-order valence-electron chi connectivity index (χ1n) is 19.9. The van der Waals surface area contributed by atoms with Gasteiger partial charge in [0.1, 0.15) is 0 Å². The van der Waals surface area contributed by atoms with Crippen LogP contribution in [0.5, 0.6) is 0 Å². The van der Waals surface area contributed by atoms with E-state index in [1.54, 1.807) is 0 Å². The van der Waals surface area contributed by atoms with E-state index in [9.17, 15) is 0 Å². The Morgan fingerprint density at radius 1 is 0.250 bits per heavy atom. The molecule has 2 aliphatic rings. The zero-order valence-corrected chi connectivity index (χ0v) is 32.3. The molecule has 2 aliphatic carbocycles. The minimum atomic E-state index is -0.0893. The fourth-order valence-corrected chi connectivity index (χ4v) is 10.2. The van der Waals surface area contributed by atoms with E-state index < -0.39 is 0 Å². The van der Waals surface area contributed by atoms with Crippen molar-refractivity contribution in [1.29, 1.82) is 0 Å². The molecule has 0 saturated heterocycles. The first-order chi connectivity index (χ1) is 27.3. The quantitative estimate of drug-likeness (QED) is 0.159. The van der Waals surface area contributed by atoms with E-state index in [1.165, 1.54) is 111 Å². The smallest absolute Gasteiger partial charge is 0.0159 e. The lowest BCUT2D eigenvalue weighted by Crippen LogP contribution is -2.14. The van der Waals surface area contributed by atoms with E-state index in [2.05, 4.69) is 210 Å². The zero-order chi connectivity index (χ0) is 37.8. The second-order valence-corrected chi connectivity index (χ2v) is 16.9. The zero-order valence-electron chi connectivity index (χ0n) is 32.3. The van der Waals surface area contributed by atoms with Crippen molar-refractivity contribution in [2.75, 3.05) is 0 Å². The average Bonchev–Trinajstić information content (AvgIpc) is 3.62. The van der Waals surface area contributed by atoms with Crippen molar-refractivity contribution in [3.63, 3.8) is 0 Å². The second kappa shape index (κ2) is 12.0. The van der Waals surface area contributed by atoms with Crippen LogP contribution in [0.2, 0.25) is 0 Å². The van der Waals surface area contributed by atoms with Gasteiger partial charge in [0.2, 0.25) is 0 Å². The van der Waals surface area contributed by atoms with Crippen LogP contribution in [0, 0.1) is 0 Å². The number of hydrogen-bond donors (Lipinski definition) is 0. The molecule has 0 heterocycles. The minimum Gasteiger partial charge on any atom is -0.0622 e.